The van der Waals surface area contributed by atoms with Crippen molar-refractivity contribution in [1.82, 2.24) is 15.4 Å². The molecular formula is C19H21ClN6O3S. The van der Waals surface area contributed by atoms with Crippen LogP contribution in [0.1, 0.15) is 18.5 Å². The molecule has 4 rings (SSSR count). The molecule has 1 aromatic carbocycles. The van der Waals surface area contributed by atoms with Crippen LogP contribution in [0.25, 0.3) is 0 Å². The average Bonchev–Trinajstić information content (AvgIpc) is 3.22. The number of amidine groups is 1. The third kappa shape index (κ3) is 4.85. The van der Waals surface area contributed by atoms with Gasteiger partial charge in [0.25, 0.3) is 0 Å². The number of nitrogens with one attached hydrogen (secondary N) is 2. The van der Waals surface area contributed by atoms with Gasteiger partial charge >= 0.3 is 0 Å². The van der Waals surface area contributed by atoms with Crippen LogP contribution in [-0.4, -0.2) is 58.2 Å². The molecule has 0 radical (unpaired) electrons. The van der Waals surface area contributed by atoms with Crippen molar-refractivity contribution in [2.75, 3.05) is 36.5 Å². The lowest BCUT2D eigenvalue weighted by Gasteiger charge is -2.38. The highest BCUT2D eigenvalue weighted by Crippen LogP contribution is 2.32. The molecule has 0 aliphatic carbocycles. The van der Waals surface area contributed by atoms with Gasteiger partial charge in [0, 0.05) is 36.6 Å². The van der Waals surface area contributed by atoms with E-state index < -0.39 is 5.79 Å². The van der Waals surface area contributed by atoms with Gasteiger partial charge in [-0.25, -0.2) is 4.98 Å². The molecule has 3 N–H and O–H groups in total. The van der Waals surface area contributed by atoms with Gasteiger partial charge in [0.15, 0.2) is 16.7 Å². The lowest BCUT2D eigenvalue weighted by atomic mass is 10.0. The summed E-state index contributed by atoms with van der Waals surface area (Å²) in [5, 5.41) is 13.3. The Kier molecular flexibility index (Phi) is 6.40. The maximum atomic E-state index is 9.57. The van der Waals surface area contributed by atoms with Crippen LogP contribution >= 0.6 is 23.8 Å². The van der Waals surface area contributed by atoms with Crippen molar-refractivity contribution in [3.63, 3.8) is 0 Å². The first kappa shape index (κ1) is 20.9. The molecule has 0 bridgehead atoms. The summed E-state index contributed by atoms with van der Waals surface area (Å²) in [4.78, 5) is 15.1. The highest BCUT2D eigenvalue weighted by Gasteiger charge is 2.40. The van der Waals surface area contributed by atoms with E-state index in [4.69, 9.17) is 33.3 Å². The largest absolute Gasteiger partial charge is 0.355 e. The minimum atomic E-state index is -0.458. The number of halogens is 1. The number of piperidine rings is 1. The fourth-order valence-corrected chi connectivity index (χ4v) is 3.75. The Balaban J connectivity index is 1.45. The molecule has 2 aromatic rings. The van der Waals surface area contributed by atoms with Gasteiger partial charge in [-0.2, -0.15) is 4.99 Å². The van der Waals surface area contributed by atoms with E-state index in [1.54, 1.807) is 30.5 Å². The van der Waals surface area contributed by atoms with Crippen LogP contribution in [0.4, 0.5) is 11.5 Å². The van der Waals surface area contributed by atoms with Gasteiger partial charge in [-0.3, -0.25) is 15.7 Å². The lowest BCUT2D eigenvalue weighted by Crippen LogP contribution is -2.45. The van der Waals surface area contributed by atoms with Crippen LogP contribution in [0, 0.1) is 0 Å². The fraction of sp³-hybridized carbons (Fsp3) is 0.368. The van der Waals surface area contributed by atoms with E-state index >= 15 is 0 Å². The molecule has 0 saturated carbocycles. The number of hydrogen-bond acceptors (Lipinski definition) is 7. The highest BCUT2D eigenvalue weighted by molar-refractivity contribution is 7.80. The number of hydroxylamine groups is 1. The molecule has 2 fully saturated rings. The first-order valence-corrected chi connectivity index (χ1v) is 10.3. The number of rotatable bonds is 3. The summed E-state index contributed by atoms with van der Waals surface area (Å²) in [6.07, 6.45) is 4.70. The minimum absolute atomic E-state index is 0.0896. The number of hydrogen-bond donors (Lipinski definition) is 3. The zero-order chi connectivity index (χ0) is 21.0. The molecule has 2 saturated heterocycles. The monoisotopic (exact) mass is 448 g/mol. The normalized spacial score (nSPS) is 18.5. The smallest absolute Gasteiger partial charge is 0.199 e. The summed E-state index contributed by atoms with van der Waals surface area (Å²) in [5.74, 6) is 0.312. The number of ether oxygens (including phenoxy) is 2. The molecule has 0 atom stereocenters. The van der Waals surface area contributed by atoms with Crippen molar-refractivity contribution in [2.24, 2.45) is 4.99 Å². The van der Waals surface area contributed by atoms with E-state index in [2.05, 4.69) is 30.7 Å². The topological polar surface area (TPSA) is 104 Å². The molecule has 30 heavy (non-hydrogen) atoms. The molecule has 2 aliphatic heterocycles. The maximum Gasteiger partial charge on any atom is 0.199 e. The van der Waals surface area contributed by atoms with E-state index in [1.807, 2.05) is 0 Å². The first-order chi connectivity index (χ1) is 14.6. The van der Waals surface area contributed by atoms with Crippen molar-refractivity contribution in [3.8, 4) is 0 Å². The van der Waals surface area contributed by atoms with Crippen LogP contribution in [0.3, 0.4) is 0 Å². The van der Waals surface area contributed by atoms with Crippen molar-refractivity contribution in [3.05, 3.63) is 47.4 Å². The van der Waals surface area contributed by atoms with Crippen molar-refractivity contribution in [1.29, 1.82) is 0 Å². The SMILES string of the molecule is ONC(=NC(=S)Nc1ccc(Cl)cc1)c1cncc(N2CCC3(CC2)OCCO3)n1. The number of thiocarbonyl (C=S) groups is 1. The van der Waals surface area contributed by atoms with Crippen molar-refractivity contribution < 1.29 is 14.7 Å². The number of benzene rings is 1. The molecule has 11 heteroatoms. The Bertz CT molecular complexity index is 926. The molecule has 9 nitrogen and oxygen atoms in total. The minimum Gasteiger partial charge on any atom is -0.355 e. The maximum absolute atomic E-state index is 9.57. The van der Waals surface area contributed by atoms with Gasteiger partial charge in [0.2, 0.25) is 0 Å². The zero-order valence-corrected chi connectivity index (χ0v) is 17.6. The quantitative estimate of drug-likeness (QED) is 0.283. The molecule has 1 aromatic heterocycles. The molecule has 2 aliphatic rings. The summed E-state index contributed by atoms with van der Waals surface area (Å²) < 4.78 is 11.5. The van der Waals surface area contributed by atoms with Crippen LogP contribution in [0.5, 0.6) is 0 Å². The molecule has 1 spiro atoms. The van der Waals surface area contributed by atoms with Crippen LogP contribution in [0.15, 0.2) is 41.7 Å². The second kappa shape index (κ2) is 9.19. The van der Waals surface area contributed by atoms with Gasteiger partial charge in [-0.1, -0.05) is 11.6 Å². The van der Waals surface area contributed by atoms with Gasteiger partial charge < -0.3 is 19.7 Å². The van der Waals surface area contributed by atoms with E-state index in [0.29, 0.717) is 29.7 Å². The number of aliphatic imine (C=N–C) groups is 1. The Morgan fingerprint density at radius 3 is 2.53 bits per heavy atom. The zero-order valence-electron chi connectivity index (χ0n) is 16.0. The van der Waals surface area contributed by atoms with Crippen molar-refractivity contribution in [2.45, 2.75) is 18.6 Å². The fourth-order valence-electron chi connectivity index (χ4n) is 3.41. The molecule has 3 heterocycles. The summed E-state index contributed by atoms with van der Waals surface area (Å²) in [6, 6.07) is 7.02. The van der Waals surface area contributed by atoms with Crippen LogP contribution in [-0.2, 0) is 9.47 Å². The Labute approximate surface area is 184 Å². The predicted octanol–water partition coefficient (Wildman–Crippen LogP) is 2.60. The summed E-state index contributed by atoms with van der Waals surface area (Å²) in [5.41, 5.74) is 3.14. The average molecular weight is 449 g/mol. The van der Waals surface area contributed by atoms with Gasteiger partial charge in [-0.05, 0) is 36.5 Å². The Morgan fingerprint density at radius 2 is 1.87 bits per heavy atom. The number of anilines is 2. The van der Waals surface area contributed by atoms with Gasteiger partial charge in [-0.15, -0.1) is 0 Å². The van der Waals surface area contributed by atoms with E-state index in [1.165, 1.54) is 6.20 Å². The summed E-state index contributed by atoms with van der Waals surface area (Å²) >= 11 is 11.1. The van der Waals surface area contributed by atoms with Gasteiger partial charge in [0.1, 0.15) is 11.5 Å². The van der Waals surface area contributed by atoms with Gasteiger partial charge in [0.05, 0.1) is 25.6 Å². The highest BCUT2D eigenvalue weighted by atomic mass is 35.5. The first-order valence-electron chi connectivity index (χ1n) is 9.48. The summed E-state index contributed by atoms with van der Waals surface area (Å²) in [7, 11) is 0. The van der Waals surface area contributed by atoms with Crippen LogP contribution in [0.2, 0.25) is 5.02 Å². The van der Waals surface area contributed by atoms with Crippen molar-refractivity contribution >= 4 is 46.3 Å². The predicted molar refractivity (Wildman–Crippen MR) is 117 cm³/mol. The van der Waals surface area contributed by atoms with E-state index in [9.17, 15) is 5.21 Å². The lowest BCUT2D eigenvalue weighted by molar-refractivity contribution is -0.169. The number of aromatic nitrogens is 2. The second-order valence-corrected chi connectivity index (χ2v) is 7.69. The standard InChI is InChI=1S/C19H21ClN6O3S/c20-13-1-3-14(4-2-13)22-18(30)24-17(25-27)15-11-21-12-16(23-15)26-7-5-19(6-8-26)28-9-10-29-19/h1-4,11-12,27H,5-10H2,(H2,22,24,25,30). The van der Waals surface area contributed by atoms with E-state index in [0.717, 1.165) is 31.6 Å². The Hall–Kier alpha value is -2.37. The third-order valence-electron chi connectivity index (χ3n) is 4.94. The molecule has 0 unspecified atom stereocenters. The van der Waals surface area contributed by atoms with E-state index in [-0.39, 0.29) is 10.9 Å². The third-order valence-corrected chi connectivity index (χ3v) is 5.39. The van der Waals surface area contributed by atoms with Crippen LogP contribution < -0.4 is 15.7 Å². The second-order valence-electron chi connectivity index (χ2n) is 6.87. The molecule has 158 valence electrons. The Morgan fingerprint density at radius 1 is 1.17 bits per heavy atom. The molecular weight excluding hydrogens is 428 g/mol. The number of nitrogens with zero attached hydrogens (tertiary/aromatic N) is 4. The molecule has 0 amide bonds. The summed E-state index contributed by atoms with van der Waals surface area (Å²) in [6.45, 7) is 2.74.